The van der Waals surface area contributed by atoms with Gasteiger partial charge in [-0.2, -0.15) is 0 Å². The highest BCUT2D eigenvalue weighted by Gasteiger charge is 2.19. The summed E-state index contributed by atoms with van der Waals surface area (Å²) in [5, 5.41) is 12.5. The van der Waals surface area contributed by atoms with Crippen molar-refractivity contribution in [1.82, 2.24) is 9.97 Å². The van der Waals surface area contributed by atoms with E-state index in [-0.39, 0.29) is 10.8 Å². The van der Waals surface area contributed by atoms with Gasteiger partial charge in [-0.05, 0) is 55.0 Å². The van der Waals surface area contributed by atoms with Gasteiger partial charge in [0.1, 0.15) is 0 Å². The third-order valence-electron chi connectivity index (χ3n) is 5.25. The largest absolute Gasteiger partial charge is 0.494 e. The summed E-state index contributed by atoms with van der Waals surface area (Å²) in [6, 6.07) is 20.8. The first kappa shape index (κ1) is 20.4. The molecule has 0 bridgehead atoms. The Hall–Kier alpha value is -3.55. The number of anilines is 1. The van der Waals surface area contributed by atoms with E-state index in [9.17, 15) is 13.5 Å². The van der Waals surface area contributed by atoms with E-state index in [1.807, 2.05) is 37.3 Å². The number of benzene rings is 3. The minimum absolute atomic E-state index is 0.0717. The number of rotatable bonds is 4. The fourth-order valence-corrected chi connectivity index (χ4v) is 5.18. The lowest BCUT2D eigenvalue weighted by atomic mass is 10.1. The summed E-state index contributed by atoms with van der Waals surface area (Å²) in [4.78, 5) is 7.74. The Kier molecular flexibility index (Phi) is 4.80. The molecule has 0 fully saturated rings. The summed E-state index contributed by atoms with van der Waals surface area (Å²) in [7, 11) is -3.77. The number of halogens is 1. The van der Waals surface area contributed by atoms with Crippen LogP contribution < -0.4 is 4.72 Å². The molecular formula is C24H18ClN3O3S. The number of aryl methyl sites for hydroxylation is 1. The number of aromatic nitrogens is 2. The second-order valence-electron chi connectivity index (χ2n) is 7.54. The second-order valence-corrected chi connectivity index (χ2v) is 9.63. The third kappa shape index (κ3) is 3.55. The molecule has 6 nitrogen and oxygen atoms in total. The lowest BCUT2D eigenvalue weighted by molar-refractivity contribution is 0.460. The fraction of sp³-hybridized carbons (Fsp3) is 0.0417. The maximum Gasteiger partial charge on any atom is 0.261 e. The molecule has 0 aliphatic heterocycles. The standard InChI is InChI=1S/C24H18ClN3O3S/c1-14-5-4-6-16(11-14)32(30,31)28-15-9-10-21-18(12-15)23(24(29)27-21)22-13-19(25)17-7-2-3-8-20(17)26-22/h2-13,27-29H,1H3. The van der Waals surface area contributed by atoms with E-state index < -0.39 is 10.0 Å². The van der Waals surface area contributed by atoms with E-state index in [0.29, 0.717) is 38.4 Å². The summed E-state index contributed by atoms with van der Waals surface area (Å²) in [5.74, 6) is -0.0717. The van der Waals surface area contributed by atoms with Crippen LogP contribution in [0, 0.1) is 6.92 Å². The van der Waals surface area contributed by atoms with Gasteiger partial charge in [0.05, 0.1) is 26.7 Å². The quantitative estimate of drug-likeness (QED) is 0.311. The Labute approximate surface area is 189 Å². The van der Waals surface area contributed by atoms with Crippen LogP contribution in [0.15, 0.2) is 77.7 Å². The lowest BCUT2D eigenvalue weighted by Crippen LogP contribution is -2.12. The molecule has 0 spiro atoms. The van der Waals surface area contributed by atoms with Gasteiger partial charge >= 0.3 is 0 Å². The highest BCUT2D eigenvalue weighted by atomic mass is 35.5. The van der Waals surface area contributed by atoms with Crippen LogP contribution in [0.5, 0.6) is 5.88 Å². The van der Waals surface area contributed by atoms with E-state index in [1.165, 1.54) is 0 Å². The van der Waals surface area contributed by atoms with Crippen molar-refractivity contribution >= 4 is 49.1 Å². The Balaban J connectivity index is 1.62. The van der Waals surface area contributed by atoms with Crippen LogP contribution in [-0.4, -0.2) is 23.5 Å². The molecule has 0 unspecified atom stereocenters. The molecule has 0 atom stereocenters. The average Bonchev–Trinajstić information content (AvgIpc) is 3.08. The van der Waals surface area contributed by atoms with E-state index in [0.717, 1.165) is 10.9 Å². The first-order valence-electron chi connectivity index (χ1n) is 9.82. The summed E-state index contributed by atoms with van der Waals surface area (Å²) >= 11 is 6.46. The zero-order valence-corrected chi connectivity index (χ0v) is 18.5. The van der Waals surface area contributed by atoms with Crippen LogP contribution in [0.2, 0.25) is 5.02 Å². The number of nitrogens with one attached hydrogen (secondary N) is 2. The Bertz CT molecular complexity index is 1610. The van der Waals surface area contributed by atoms with Crippen molar-refractivity contribution in [3.63, 3.8) is 0 Å². The minimum Gasteiger partial charge on any atom is -0.494 e. The molecule has 0 saturated heterocycles. The maximum atomic E-state index is 12.8. The number of aromatic amines is 1. The number of fused-ring (bicyclic) bond motifs is 2. The molecule has 160 valence electrons. The molecule has 0 aliphatic rings. The van der Waals surface area contributed by atoms with Crippen molar-refractivity contribution in [2.75, 3.05) is 4.72 Å². The van der Waals surface area contributed by atoms with E-state index in [1.54, 1.807) is 42.5 Å². The normalized spacial score (nSPS) is 11.8. The van der Waals surface area contributed by atoms with Crippen molar-refractivity contribution in [2.45, 2.75) is 11.8 Å². The van der Waals surface area contributed by atoms with Gasteiger partial charge in [0.15, 0.2) is 5.88 Å². The Morgan fingerprint density at radius 2 is 1.78 bits per heavy atom. The van der Waals surface area contributed by atoms with Crippen LogP contribution in [0.25, 0.3) is 33.1 Å². The number of para-hydroxylation sites is 1. The van der Waals surface area contributed by atoms with Gasteiger partial charge < -0.3 is 10.1 Å². The first-order chi connectivity index (χ1) is 15.3. The maximum absolute atomic E-state index is 12.8. The van der Waals surface area contributed by atoms with Crippen molar-refractivity contribution in [3.05, 3.63) is 83.4 Å². The summed E-state index contributed by atoms with van der Waals surface area (Å²) in [5.41, 5.74) is 3.48. The van der Waals surface area contributed by atoms with Crippen LogP contribution >= 0.6 is 11.6 Å². The lowest BCUT2D eigenvalue weighted by Gasteiger charge is -2.09. The molecule has 0 radical (unpaired) electrons. The van der Waals surface area contributed by atoms with Crippen LogP contribution in [0.1, 0.15) is 5.56 Å². The number of hydrogen-bond acceptors (Lipinski definition) is 4. The highest BCUT2D eigenvalue weighted by Crippen LogP contribution is 2.39. The zero-order valence-electron chi connectivity index (χ0n) is 16.9. The van der Waals surface area contributed by atoms with Gasteiger partial charge in [-0.1, -0.05) is 41.9 Å². The fourth-order valence-electron chi connectivity index (χ4n) is 3.76. The molecule has 0 saturated carbocycles. The zero-order chi connectivity index (χ0) is 22.5. The van der Waals surface area contributed by atoms with Crippen LogP contribution in [0.3, 0.4) is 0 Å². The molecule has 2 aromatic heterocycles. The number of H-pyrrole nitrogens is 1. The SMILES string of the molecule is Cc1cccc(S(=O)(=O)Nc2ccc3[nH]c(O)c(-c4cc(Cl)c5ccccc5n4)c3c2)c1. The average molecular weight is 464 g/mol. The predicted molar refractivity (Wildman–Crippen MR) is 128 cm³/mol. The van der Waals surface area contributed by atoms with Crippen molar-refractivity contribution in [2.24, 2.45) is 0 Å². The third-order valence-corrected chi connectivity index (χ3v) is 6.94. The molecule has 5 rings (SSSR count). The van der Waals surface area contributed by atoms with Crippen molar-refractivity contribution < 1.29 is 13.5 Å². The van der Waals surface area contributed by atoms with Gasteiger partial charge in [0.25, 0.3) is 10.0 Å². The minimum atomic E-state index is -3.77. The smallest absolute Gasteiger partial charge is 0.261 e. The van der Waals surface area contributed by atoms with E-state index in [2.05, 4.69) is 14.7 Å². The number of nitrogens with zero attached hydrogens (tertiary/aromatic N) is 1. The molecule has 2 heterocycles. The first-order valence-corrected chi connectivity index (χ1v) is 11.7. The van der Waals surface area contributed by atoms with E-state index in [4.69, 9.17) is 11.6 Å². The molecule has 3 N–H and O–H groups in total. The van der Waals surface area contributed by atoms with E-state index >= 15 is 0 Å². The van der Waals surface area contributed by atoms with Gasteiger partial charge in [0.2, 0.25) is 0 Å². The highest BCUT2D eigenvalue weighted by molar-refractivity contribution is 7.92. The molecule has 3 aromatic carbocycles. The molecule has 8 heteroatoms. The van der Waals surface area contributed by atoms with Gasteiger partial charge in [-0.25, -0.2) is 13.4 Å². The molecule has 0 amide bonds. The van der Waals surface area contributed by atoms with Crippen molar-refractivity contribution in [1.29, 1.82) is 0 Å². The van der Waals surface area contributed by atoms with Crippen molar-refractivity contribution in [3.8, 4) is 17.1 Å². The number of aromatic hydroxyl groups is 1. The van der Waals surface area contributed by atoms with Crippen LogP contribution in [0.4, 0.5) is 5.69 Å². The second kappa shape index (κ2) is 7.55. The molecule has 32 heavy (non-hydrogen) atoms. The monoisotopic (exact) mass is 463 g/mol. The summed E-state index contributed by atoms with van der Waals surface area (Å²) in [6.07, 6.45) is 0. The molecular weight excluding hydrogens is 446 g/mol. The van der Waals surface area contributed by atoms with Gasteiger partial charge in [0, 0.05) is 22.0 Å². The number of hydrogen-bond donors (Lipinski definition) is 3. The Morgan fingerprint density at radius 1 is 0.969 bits per heavy atom. The van der Waals surface area contributed by atoms with Crippen LogP contribution in [-0.2, 0) is 10.0 Å². The summed E-state index contributed by atoms with van der Waals surface area (Å²) < 4.78 is 28.3. The van der Waals surface area contributed by atoms with Gasteiger partial charge in [-0.3, -0.25) is 4.72 Å². The Morgan fingerprint density at radius 3 is 2.59 bits per heavy atom. The number of pyridine rings is 1. The number of sulfonamides is 1. The van der Waals surface area contributed by atoms with Gasteiger partial charge in [-0.15, -0.1) is 0 Å². The summed E-state index contributed by atoms with van der Waals surface area (Å²) in [6.45, 7) is 1.83. The topological polar surface area (TPSA) is 95.1 Å². The molecule has 5 aromatic rings. The predicted octanol–water partition coefficient (Wildman–Crippen LogP) is 5.85. The molecule has 0 aliphatic carbocycles.